The summed E-state index contributed by atoms with van der Waals surface area (Å²) in [7, 11) is 4.00. The molecule has 0 aromatic rings. The topological polar surface area (TPSA) is 82.2 Å². The average Bonchev–Trinajstić information content (AvgIpc) is 2.67. The van der Waals surface area contributed by atoms with Crippen LogP contribution in [0.15, 0.2) is 11.3 Å². The van der Waals surface area contributed by atoms with Crippen LogP contribution in [0.2, 0.25) is 0 Å². The molecule has 156 valence electrons. The Morgan fingerprint density at radius 2 is 1.78 bits per heavy atom. The molecule has 0 radical (unpaired) electrons. The van der Waals surface area contributed by atoms with Crippen molar-refractivity contribution >= 4 is 12.0 Å². The van der Waals surface area contributed by atoms with Gasteiger partial charge in [0.1, 0.15) is 5.78 Å². The fourth-order valence-corrected chi connectivity index (χ4v) is 3.97. The minimum Gasteiger partial charge on any atom is -0.402 e. The maximum Gasteiger partial charge on any atom is 0.138 e. The summed E-state index contributed by atoms with van der Waals surface area (Å²) < 4.78 is 0. The van der Waals surface area contributed by atoms with Gasteiger partial charge in [0.25, 0.3) is 0 Å². The summed E-state index contributed by atoms with van der Waals surface area (Å²) in [4.78, 5) is 14.9. The molecule has 1 saturated carbocycles. The number of nitrogens with one attached hydrogen (secondary N) is 2. The molecule has 0 aliphatic heterocycles. The van der Waals surface area contributed by atoms with Crippen molar-refractivity contribution in [3.63, 3.8) is 0 Å². The smallest absolute Gasteiger partial charge is 0.138 e. The van der Waals surface area contributed by atoms with Crippen molar-refractivity contribution in [3.05, 3.63) is 11.3 Å². The second-order valence-corrected chi connectivity index (χ2v) is 8.79. The molecule has 0 amide bonds. The van der Waals surface area contributed by atoms with Crippen LogP contribution in [0, 0.1) is 29.1 Å². The number of ketones is 1. The molecule has 0 spiro atoms. The van der Waals surface area contributed by atoms with Gasteiger partial charge in [-0.15, -0.1) is 0 Å². The Bertz CT molecular complexity index is 493. The third-order valence-electron chi connectivity index (χ3n) is 5.96. The lowest BCUT2D eigenvalue weighted by atomic mass is 9.75. The molecular weight excluding hydrogens is 336 g/mol. The van der Waals surface area contributed by atoms with E-state index in [9.17, 15) is 4.79 Å². The van der Waals surface area contributed by atoms with Crippen LogP contribution in [0.25, 0.3) is 0 Å². The van der Waals surface area contributed by atoms with E-state index in [-0.39, 0.29) is 11.8 Å². The Labute approximate surface area is 166 Å². The quantitative estimate of drug-likeness (QED) is 0.454. The van der Waals surface area contributed by atoms with Gasteiger partial charge in [-0.2, -0.15) is 0 Å². The van der Waals surface area contributed by atoms with Crippen LogP contribution < -0.4 is 11.1 Å². The third kappa shape index (κ3) is 8.14. The second-order valence-electron chi connectivity index (χ2n) is 8.79. The molecule has 0 aromatic heterocycles. The van der Waals surface area contributed by atoms with Gasteiger partial charge in [0.2, 0.25) is 0 Å². The number of hydrogen-bond donors (Lipinski definition) is 3. The van der Waals surface area contributed by atoms with E-state index in [1.807, 2.05) is 7.05 Å². The Hall–Kier alpha value is -1.20. The Kier molecular flexibility index (Phi) is 10.9. The second kappa shape index (κ2) is 12.3. The van der Waals surface area contributed by atoms with Crippen molar-refractivity contribution in [3.8, 4) is 0 Å². The average molecular weight is 379 g/mol. The number of carbonyl (C=O) groups excluding carboxylic acids is 1. The minimum absolute atomic E-state index is 0.180. The van der Waals surface area contributed by atoms with E-state index in [1.54, 1.807) is 0 Å². The summed E-state index contributed by atoms with van der Waals surface area (Å²) in [6.45, 7) is 9.09. The van der Waals surface area contributed by atoms with Gasteiger partial charge in [0, 0.05) is 49.0 Å². The van der Waals surface area contributed by atoms with E-state index in [0.717, 1.165) is 62.9 Å². The fourth-order valence-electron chi connectivity index (χ4n) is 3.97. The van der Waals surface area contributed by atoms with E-state index in [0.29, 0.717) is 24.2 Å². The molecule has 1 atom stereocenters. The monoisotopic (exact) mass is 378 g/mol. The van der Waals surface area contributed by atoms with E-state index in [2.05, 4.69) is 38.0 Å². The maximum absolute atomic E-state index is 12.7. The summed E-state index contributed by atoms with van der Waals surface area (Å²) in [6.07, 6.45) is 7.37. The highest BCUT2D eigenvalue weighted by Gasteiger charge is 2.30. The first-order valence-corrected chi connectivity index (χ1v) is 10.7. The maximum atomic E-state index is 12.7. The van der Waals surface area contributed by atoms with Gasteiger partial charge in [0.15, 0.2) is 0 Å². The molecule has 5 heteroatoms. The minimum atomic E-state index is 0.180. The van der Waals surface area contributed by atoms with Crippen molar-refractivity contribution in [1.29, 1.82) is 5.41 Å². The van der Waals surface area contributed by atoms with Gasteiger partial charge >= 0.3 is 0 Å². The lowest BCUT2D eigenvalue weighted by molar-refractivity contribution is -0.127. The SMILES string of the molecule is CNCCN(C)CC(C=N)=C(N)C1CCC(C(=O)C(C)CCC(C)C)CC1. The van der Waals surface area contributed by atoms with Crippen LogP contribution in [0.5, 0.6) is 0 Å². The summed E-state index contributed by atoms with van der Waals surface area (Å²) in [5.74, 6) is 1.81. The van der Waals surface area contributed by atoms with Gasteiger partial charge in [0.05, 0.1) is 0 Å². The van der Waals surface area contributed by atoms with E-state index >= 15 is 0 Å². The molecule has 4 N–H and O–H groups in total. The number of carbonyl (C=O) groups is 1. The molecule has 5 nitrogen and oxygen atoms in total. The lowest BCUT2D eigenvalue weighted by Crippen LogP contribution is -2.32. The number of nitrogens with two attached hydrogens (primary N) is 1. The number of Topliss-reactive ketones (excluding diaryl/α,β-unsaturated/α-hetero) is 1. The van der Waals surface area contributed by atoms with Crippen LogP contribution in [0.3, 0.4) is 0 Å². The van der Waals surface area contributed by atoms with Crippen LogP contribution in [0.1, 0.15) is 59.3 Å². The first-order chi connectivity index (χ1) is 12.8. The molecule has 0 saturated heterocycles. The number of hydrogen-bond acceptors (Lipinski definition) is 5. The van der Waals surface area contributed by atoms with Crippen molar-refractivity contribution in [2.24, 2.45) is 29.4 Å². The predicted octanol–water partition coefficient (Wildman–Crippen LogP) is 3.45. The third-order valence-corrected chi connectivity index (χ3v) is 5.96. The van der Waals surface area contributed by atoms with Gasteiger partial charge in [-0.05, 0) is 58.0 Å². The standard InChI is InChI=1S/C22H42N4O/c1-16(2)6-7-17(3)22(27)19-10-8-18(9-11-19)21(24)20(14-23)15-26(5)13-12-25-4/h14,16-19,23,25H,6-13,15,24H2,1-5H3. The zero-order valence-corrected chi connectivity index (χ0v) is 18.2. The van der Waals surface area contributed by atoms with E-state index in [1.165, 1.54) is 6.21 Å². The van der Waals surface area contributed by atoms with Gasteiger partial charge in [-0.3, -0.25) is 4.79 Å². The Morgan fingerprint density at radius 3 is 2.30 bits per heavy atom. The first kappa shape index (κ1) is 23.8. The molecule has 27 heavy (non-hydrogen) atoms. The molecule has 1 aliphatic rings. The van der Waals surface area contributed by atoms with E-state index < -0.39 is 0 Å². The van der Waals surface area contributed by atoms with Crippen LogP contribution in [-0.2, 0) is 4.79 Å². The fraction of sp³-hybridized carbons (Fsp3) is 0.818. The normalized spacial score (nSPS) is 22.6. The summed E-state index contributed by atoms with van der Waals surface area (Å²) in [5.41, 5.74) is 8.23. The Morgan fingerprint density at radius 1 is 1.19 bits per heavy atom. The Balaban J connectivity index is 2.58. The largest absolute Gasteiger partial charge is 0.402 e. The highest BCUT2D eigenvalue weighted by molar-refractivity contribution is 5.83. The number of rotatable bonds is 12. The predicted molar refractivity (Wildman–Crippen MR) is 115 cm³/mol. The number of nitrogens with zero attached hydrogens (tertiary/aromatic N) is 1. The highest BCUT2D eigenvalue weighted by atomic mass is 16.1. The van der Waals surface area contributed by atoms with Gasteiger partial charge in [-0.25, -0.2) is 0 Å². The summed E-state index contributed by atoms with van der Waals surface area (Å²) >= 11 is 0. The molecule has 0 heterocycles. The first-order valence-electron chi connectivity index (χ1n) is 10.7. The molecule has 1 fully saturated rings. The molecule has 1 unspecified atom stereocenters. The molecular formula is C22H42N4O. The summed E-state index contributed by atoms with van der Waals surface area (Å²) in [5, 5.41) is 10.9. The van der Waals surface area contributed by atoms with Gasteiger partial charge < -0.3 is 21.4 Å². The lowest BCUT2D eigenvalue weighted by Gasteiger charge is -2.31. The zero-order valence-electron chi connectivity index (χ0n) is 18.2. The van der Waals surface area contributed by atoms with Crippen LogP contribution >= 0.6 is 0 Å². The number of allylic oxidation sites excluding steroid dienone is 1. The molecule has 0 aromatic carbocycles. The van der Waals surface area contributed by atoms with E-state index in [4.69, 9.17) is 11.1 Å². The number of likely N-dealkylation sites (N-methyl/N-ethyl adjacent to an activating group) is 2. The molecule has 0 bridgehead atoms. The van der Waals surface area contributed by atoms with Crippen molar-refractivity contribution < 1.29 is 4.79 Å². The van der Waals surface area contributed by atoms with Gasteiger partial charge in [-0.1, -0.05) is 27.2 Å². The molecule has 1 rings (SSSR count). The van der Waals surface area contributed by atoms with Crippen LogP contribution in [0.4, 0.5) is 0 Å². The van der Waals surface area contributed by atoms with Crippen molar-refractivity contribution in [2.45, 2.75) is 59.3 Å². The van der Waals surface area contributed by atoms with Crippen molar-refractivity contribution in [2.75, 3.05) is 33.7 Å². The van der Waals surface area contributed by atoms with Crippen LogP contribution in [-0.4, -0.2) is 50.6 Å². The summed E-state index contributed by atoms with van der Waals surface area (Å²) in [6, 6.07) is 0. The zero-order chi connectivity index (χ0) is 20.4. The highest BCUT2D eigenvalue weighted by Crippen LogP contribution is 2.35. The molecule has 1 aliphatic carbocycles. The van der Waals surface area contributed by atoms with Crippen molar-refractivity contribution in [1.82, 2.24) is 10.2 Å².